The van der Waals surface area contributed by atoms with Gasteiger partial charge >= 0.3 is 5.97 Å². The van der Waals surface area contributed by atoms with Gasteiger partial charge in [-0.2, -0.15) is 0 Å². The second-order valence-corrected chi connectivity index (χ2v) is 3.88. The van der Waals surface area contributed by atoms with Crippen LogP contribution in [0, 0.1) is 0 Å². The summed E-state index contributed by atoms with van der Waals surface area (Å²) in [7, 11) is 0. The van der Waals surface area contributed by atoms with E-state index in [2.05, 4.69) is 6.92 Å². The van der Waals surface area contributed by atoms with Gasteiger partial charge in [0.15, 0.2) is 0 Å². The van der Waals surface area contributed by atoms with E-state index in [4.69, 9.17) is 5.11 Å². The van der Waals surface area contributed by atoms with Gasteiger partial charge in [-0.25, -0.2) is 4.79 Å². The summed E-state index contributed by atoms with van der Waals surface area (Å²) in [6, 6.07) is 9.76. The van der Waals surface area contributed by atoms with Crippen LogP contribution in [0.3, 0.4) is 0 Å². The zero-order chi connectivity index (χ0) is 12.0. The fourth-order valence-electron chi connectivity index (χ4n) is 1.67. The number of rotatable bonds is 5. The molecule has 0 amide bonds. The summed E-state index contributed by atoms with van der Waals surface area (Å²) in [6.45, 7) is 3.79. The van der Waals surface area contributed by atoms with Crippen molar-refractivity contribution in [2.45, 2.75) is 33.1 Å². The number of hydrogen-bond donors (Lipinski definition) is 1. The van der Waals surface area contributed by atoms with Crippen LogP contribution in [0.4, 0.5) is 0 Å². The van der Waals surface area contributed by atoms with Gasteiger partial charge in [-0.3, -0.25) is 0 Å². The topological polar surface area (TPSA) is 37.3 Å². The minimum absolute atomic E-state index is 0.458. The molecule has 0 radical (unpaired) electrons. The standard InChI is InChI=1S/C14H18O2/c1-3-4-10-13(11(2)14(15)16)12-8-6-5-7-9-12/h5-9H,3-4,10H2,1-2H3,(H,15,16). The molecule has 0 bridgehead atoms. The van der Waals surface area contributed by atoms with Crippen LogP contribution < -0.4 is 0 Å². The monoisotopic (exact) mass is 218 g/mol. The quantitative estimate of drug-likeness (QED) is 0.764. The fourth-order valence-corrected chi connectivity index (χ4v) is 1.67. The molecule has 86 valence electrons. The van der Waals surface area contributed by atoms with E-state index in [1.165, 1.54) is 0 Å². The van der Waals surface area contributed by atoms with E-state index < -0.39 is 5.97 Å². The zero-order valence-electron chi connectivity index (χ0n) is 9.86. The van der Waals surface area contributed by atoms with Crippen LogP contribution in [0.1, 0.15) is 38.7 Å². The molecule has 1 aromatic carbocycles. The number of carbonyl (C=O) groups is 1. The van der Waals surface area contributed by atoms with Crippen molar-refractivity contribution in [2.75, 3.05) is 0 Å². The van der Waals surface area contributed by atoms with E-state index in [1.807, 2.05) is 30.3 Å². The molecular formula is C14H18O2. The SMILES string of the molecule is CCCCC(=C(C)C(=O)O)c1ccccc1. The van der Waals surface area contributed by atoms with Crippen molar-refractivity contribution in [2.24, 2.45) is 0 Å². The molecule has 2 nitrogen and oxygen atoms in total. The second kappa shape index (κ2) is 6.11. The first kappa shape index (κ1) is 12.5. The number of benzene rings is 1. The number of carboxylic acids is 1. The smallest absolute Gasteiger partial charge is 0.331 e. The highest BCUT2D eigenvalue weighted by molar-refractivity contribution is 5.95. The Kier molecular flexibility index (Phi) is 4.77. The molecule has 0 aromatic heterocycles. The third kappa shape index (κ3) is 3.23. The van der Waals surface area contributed by atoms with Gasteiger partial charge in [-0.1, -0.05) is 43.7 Å². The first-order valence-corrected chi connectivity index (χ1v) is 5.65. The van der Waals surface area contributed by atoms with Gasteiger partial charge in [0, 0.05) is 5.57 Å². The molecule has 0 aliphatic carbocycles. The maximum Gasteiger partial charge on any atom is 0.331 e. The Morgan fingerprint density at radius 3 is 2.38 bits per heavy atom. The molecule has 0 heterocycles. The lowest BCUT2D eigenvalue weighted by Gasteiger charge is -2.09. The summed E-state index contributed by atoms with van der Waals surface area (Å²) in [5, 5.41) is 9.06. The van der Waals surface area contributed by atoms with Crippen LogP contribution in [0.2, 0.25) is 0 Å². The Bertz CT molecular complexity index is 377. The zero-order valence-corrected chi connectivity index (χ0v) is 9.86. The summed E-state index contributed by atoms with van der Waals surface area (Å²) in [6.07, 6.45) is 2.93. The van der Waals surface area contributed by atoms with Gasteiger partial charge < -0.3 is 5.11 Å². The molecule has 0 atom stereocenters. The van der Waals surface area contributed by atoms with Crippen molar-refractivity contribution < 1.29 is 9.90 Å². The normalized spacial score (nSPS) is 12.1. The van der Waals surface area contributed by atoms with Crippen LogP contribution in [0.15, 0.2) is 35.9 Å². The molecule has 1 rings (SSSR count). The highest BCUT2D eigenvalue weighted by atomic mass is 16.4. The van der Waals surface area contributed by atoms with Gasteiger partial charge in [0.2, 0.25) is 0 Å². The number of allylic oxidation sites excluding steroid dienone is 1. The lowest BCUT2D eigenvalue weighted by molar-refractivity contribution is -0.132. The molecule has 0 spiro atoms. The Labute approximate surface area is 96.6 Å². The minimum Gasteiger partial charge on any atom is -0.478 e. The van der Waals surface area contributed by atoms with Gasteiger partial charge in [-0.05, 0) is 30.9 Å². The van der Waals surface area contributed by atoms with Crippen LogP contribution in [-0.2, 0) is 4.79 Å². The summed E-state index contributed by atoms with van der Waals surface area (Å²) in [5.74, 6) is -0.824. The Morgan fingerprint density at radius 2 is 1.88 bits per heavy atom. The molecule has 2 heteroatoms. The van der Waals surface area contributed by atoms with Crippen molar-refractivity contribution in [3.63, 3.8) is 0 Å². The molecule has 0 aliphatic rings. The average molecular weight is 218 g/mol. The van der Waals surface area contributed by atoms with Gasteiger partial charge in [-0.15, -0.1) is 0 Å². The van der Waals surface area contributed by atoms with Gasteiger partial charge in [0.1, 0.15) is 0 Å². The highest BCUT2D eigenvalue weighted by Gasteiger charge is 2.10. The Morgan fingerprint density at radius 1 is 1.25 bits per heavy atom. The van der Waals surface area contributed by atoms with Crippen molar-refractivity contribution in [1.29, 1.82) is 0 Å². The summed E-state index contributed by atoms with van der Waals surface area (Å²) in [4.78, 5) is 11.0. The van der Waals surface area contributed by atoms with E-state index in [0.29, 0.717) is 5.57 Å². The highest BCUT2D eigenvalue weighted by Crippen LogP contribution is 2.24. The van der Waals surface area contributed by atoms with Gasteiger partial charge in [0.25, 0.3) is 0 Å². The number of aliphatic carboxylic acids is 1. The number of hydrogen-bond acceptors (Lipinski definition) is 1. The van der Waals surface area contributed by atoms with Crippen molar-refractivity contribution >= 4 is 11.5 Å². The van der Waals surface area contributed by atoms with E-state index in [9.17, 15) is 4.79 Å². The lowest BCUT2D eigenvalue weighted by Crippen LogP contribution is -2.01. The third-order valence-corrected chi connectivity index (χ3v) is 2.68. The maximum atomic E-state index is 11.0. The van der Waals surface area contributed by atoms with E-state index >= 15 is 0 Å². The van der Waals surface area contributed by atoms with Gasteiger partial charge in [0.05, 0.1) is 0 Å². The molecule has 0 saturated heterocycles. The second-order valence-electron chi connectivity index (χ2n) is 3.88. The first-order chi connectivity index (χ1) is 7.66. The molecule has 1 aromatic rings. The van der Waals surface area contributed by atoms with Crippen molar-refractivity contribution in [3.05, 3.63) is 41.5 Å². The predicted molar refractivity (Wildman–Crippen MR) is 66.2 cm³/mol. The minimum atomic E-state index is -0.824. The van der Waals surface area contributed by atoms with Crippen LogP contribution in [0.5, 0.6) is 0 Å². The van der Waals surface area contributed by atoms with Crippen LogP contribution in [0.25, 0.3) is 5.57 Å². The van der Waals surface area contributed by atoms with Crippen LogP contribution in [-0.4, -0.2) is 11.1 Å². The average Bonchev–Trinajstić information content (AvgIpc) is 2.30. The molecule has 0 unspecified atom stereocenters. The summed E-state index contributed by atoms with van der Waals surface area (Å²) < 4.78 is 0. The van der Waals surface area contributed by atoms with E-state index in [1.54, 1.807) is 6.92 Å². The molecule has 0 saturated carbocycles. The predicted octanol–water partition coefficient (Wildman–Crippen LogP) is 3.73. The van der Waals surface area contributed by atoms with Crippen molar-refractivity contribution in [3.8, 4) is 0 Å². The Balaban J connectivity index is 3.06. The number of carboxylic acid groups (broad SMARTS) is 1. The molecular weight excluding hydrogens is 200 g/mol. The Hall–Kier alpha value is -1.57. The van der Waals surface area contributed by atoms with Crippen LogP contribution >= 0.6 is 0 Å². The molecule has 0 fully saturated rings. The number of unbranched alkanes of at least 4 members (excludes halogenated alkanes) is 1. The fraction of sp³-hybridized carbons (Fsp3) is 0.357. The summed E-state index contributed by atoms with van der Waals surface area (Å²) >= 11 is 0. The lowest BCUT2D eigenvalue weighted by atomic mass is 9.96. The van der Waals surface area contributed by atoms with Crippen molar-refractivity contribution in [1.82, 2.24) is 0 Å². The summed E-state index contributed by atoms with van der Waals surface area (Å²) in [5.41, 5.74) is 2.44. The van der Waals surface area contributed by atoms with E-state index in [-0.39, 0.29) is 0 Å². The third-order valence-electron chi connectivity index (χ3n) is 2.68. The maximum absolute atomic E-state index is 11.0. The molecule has 1 N–H and O–H groups in total. The molecule has 16 heavy (non-hydrogen) atoms. The first-order valence-electron chi connectivity index (χ1n) is 5.65. The largest absolute Gasteiger partial charge is 0.478 e. The van der Waals surface area contributed by atoms with E-state index in [0.717, 1.165) is 30.4 Å². The molecule has 0 aliphatic heterocycles.